The molecule has 4 rings (SSSR count). The fourth-order valence-corrected chi connectivity index (χ4v) is 3.27. The van der Waals surface area contributed by atoms with Crippen LogP contribution in [0.15, 0.2) is 89.1 Å². The number of nitrogens with zero attached hydrogens (tertiary/aromatic N) is 2. The quantitative estimate of drug-likeness (QED) is 0.269. The van der Waals surface area contributed by atoms with Gasteiger partial charge in [0.1, 0.15) is 11.5 Å². The lowest BCUT2D eigenvalue weighted by Crippen LogP contribution is -2.19. The summed E-state index contributed by atoms with van der Waals surface area (Å²) in [5, 5.41) is 4.71. The lowest BCUT2D eigenvalue weighted by Gasteiger charge is -2.05. The monoisotopic (exact) mass is 402 g/mol. The van der Waals surface area contributed by atoms with E-state index in [9.17, 15) is 4.79 Å². The van der Waals surface area contributed by atoms with Crippen molar-refractivity contribution in [3.63, 3.8) is 0 Å². The molecule has 0 saturated heterocycles. The van der Waals surface area contributed by atoms with Crippen LogP contribution in [0.25, 0.3) is 11.0 Å². The van der Waals surface area contributed by atoms with Crippen molar-refractivity contribution in [3.05, 3.63) is 84.4 Å². The number of fused-ring (bicyclic) bond motifs is 1. The van der Waals surface area contributed by atoms with Gasteiger partial charge >= 0.3 is 0 Å². The van der Waals surface area contributed by atoms with Gasteiger partial charge in [0.2, 0.25) is 0 Å². The smallest absolute Gasteiger partial charge is 0.250 e. The summed E-state index contributed by atoms with van der Waals surface area (Å²) in [5.74, 6) is 1.54. The predicted molar refractivity (Wildman–Crippen MR) is 116 cm³/mol. The molecule has 0 radical (unpaired) electrons. The molecule has 0 aliphatic rings. The van der Waals surface area contributed by atoms with E-state index in [1.807, 2.05) is 78.9 Å². The van der Waals surface area contributed by atoms with Crippen molar-refractivity contribution < 1.29 is 9.53 Å². The van der Waals surface area contributed by atoms with Gasteiger partial charge in [0.15, 0.2) is 5.16 Å². The molecule has 0 fully saturated rings. The van der Waals surface area contributed by atoms with E-state index >= 15 is 0 Å². The second-order valence-corrected chi connectivity index (χ2v) is 7.09. The van der Waals surface area contributed by atoms with Crippen LogP contribution >= 0.6 is 11.8 Å². The minimum atomic E-state index is -0.198. The Morgan fingerprint density at radius 1 is 1.00 bits per heavy atom. The fourth-order valence-electron chi connectivity index (χ4n) is 2.59. The molecule has 0 bridgehead atoms. The van der Waals surface area contributed by atoms with Gasteiger partial charge in [-0.1, -0.05) is 42.1 Å². The Morgan fingerprint density at radius 2 is 1.72 bits per heavy atom. The molecule has 3 aromatic carbocycles. The van der Waals surface area contributed by atoms with Gasteiger partial charge in [0.25, 0.3) is 5.91 Å². The number of carbonyl (C=O) groups excluding carboxylic acids is 1. The van der Waals surface area contributed by atoms with E-state index in [1.165, 1.54) is 11.8 Å². The minimum Gasteiger partial charge on any atom is -0.457 e. The zero-order chi connectivity index (χ0) is 19.9. The molecule has 0 spiro atoms. The lowest BCUT2D eigenvalue weighted by molar-refractivity contribution is -0.118. The summed E-state index contributed by atoms with van der Waals surface area (Å²) < 4.78 is 5.75. The molecule has 0 unspecified atom stereocenters. The average molecular weight is 402 g/mol. The Balaban J connectivity index is 1.25. The van der Waals surface area contributed by atoms with Crippen LogP contribution in [0.3, 0.4) is 0 Å². The predicted octanol–water partition coefficient (Wildman–Crippen LogP) is 4.60. The molecular formula is C22H18N4O2S. The van der Waals surface area contributed by atoms with E-state index in [0.717, 1.165) is 28.1 Å². The Labute approximate surface area is 172 Å². The molecule has 4 aromatic rings. The van der Waals surface area contributed by atoms with Gasteiger partial charge in [-0.05, 0) is 54.1 Å². The number of aromatic amines is 1. The molecule has 0 aliphatic carbocycles. The molecule has 1 aromatic heterocycles. The van der Waals surface area contributed by atoms with Gasteiger partial charge in [-0.15, -0.1) is 0 Å². The van der Waals surface area contributed by atoms with E-state index in [2.05, 4.69) is 20.5 Å². The second kappa shape index (κ2) is 9.07. The van der Waals surface area contributed by atoms with Crippen LogP contribution in [0.1, 0.15) is 5.56 Å². The van der Waals surface area contributed by atoms with Crippen LogP contribution in [0.4, 0.5) is 0 Å². The number of H-pyrrole nitrogens is 1. The third-order valence-electron chi connectivity index (χ3n) is 3.97. The minimum absolute atomic E-state index is 0.198. The van der Waals surface area contributed by atoms with Crippen molar-refractivity contribution in [2.75, 3.05) is 5.75 Å². The van der Waals surface area contributed by atoms with Crippen LogP contribution in [0.5, 0.6) is 11.5 Å². The molecule has 7 heteroatoms. The first-order chi connectivity index (χ1) is 14.3. The van der Waals surface area contributed by atoms with Crippen LogP contribution in [-0.4, -0.2) is 27.8 Å². The standard InChI is InChI=1S/C22H18N4O2S/c27-21(15-29-22-24-19-8-4-5-9-20(19)25-22)26-23-14-16-10-12-18(13-11-16)28-17-6-2-1-3-7-17/h1-14H,15H2,(H,24,25)(H,26,27). The van der Waals surface area contributed by atoms with Crippen molar-refractivity contribution in [2.24, 2.45) is 5.10 Å². The van der Waals surface area contributed by atoms with Gasteiger partial charge in [-0.25, -0.2) is 10.4 Å². The van der Waals surface area contributed by atoms with Gasteiger partial charge in [-0.2, -0.15) is 5.10 Å². The highest BCUT2D eigenvalue weighted by Crippen LogP contribution is 2.21. The number of rotatable bonds is 7. The number of hydrogen-bond acceptors (Lipinski definition) is 5. The summed E-state index contributed by atoms with van der Waals surface area (Å²) in [6.07, 6.45) is 1.59. The number of carbonyl (C=O) groups is 1. The zero-order valence-electron chi connectivity index (χ0n) is 15.4. The average Bonchev–Trinajstić information content (AvgIpc) is 3.17. The molecule has 144 valence electrons. The van der Waals surface area contributed by atoms with Crippen LogP contribution in [0, 0.1) is 0 Å². The molecule has 1 amide bonds. The van der Waals surface area contributed by atoms with Gasteiger partial charge in [0.05, 0.1) is 23.0 Å². The number of nitrogens with one attached hydrogen (secondary N) is 2. The first-order valence-electron chi connectivity index (χ1n) is 8.99. The van der Waals surface area contributed by atoms with Crippen molar-refractivity contribution in [1.29, 1.82) is 0 Å². The number of benzene rings is 3. The fraction of sp³-hybridized carbons (Fsp3) is 0.0455. The summed E-state index contributed by atoms with van der Waals surface area (Å²) >= 11 is 1.33. The first kappa shape index (κ1) is 18.8. The normalized spacial score (nSPS) is 11.0. The number of thioether (sulfide) groups is 1. The highest BCUT2D eigenvalue weighted by Gasteiger charge is 2.06. The first-order valence-corrected chi connectivity index (χ1v) is 9.97. The summed E-state index contributed by atoms with van der Waals surface area (Å²) in [7, 11) is 0. The Morgan fingerprint density at radius 3 is 2.52 bits per heavy atom. The van der Waals surface area contributed by atoms with E-state index in [4.69, 9.17) is 4.74 Å². The largest absolute Gasteiger partial charge is 0.457 e. The number of hydrazone groups is 1. The second-order valence-electron chi connectivity index (χ2n) is 6.13. The van der Waals surface area contributed by atoms with Crippen molar-refractivity contribution in [2.45, 2.75) is 5.16 Å². The number of imidazole rings is 1. The Hall–Kier alpha value is -3.58. The molecule has 0 aliphatic heterocycles. The maximum atomic E-state index is 12.0. The Kier molecular flexibility index (Phi) is 5.87. The number of ether oxygens (including phenoxy) is 1. The molecular weight excluding hydrogens is 384 g/mol. The van der Waals surface area contributed by atoms with E-state index in [-0.39, 0.29) is 11.7 Å². The summed E-state index contributed by atoms with van der Waals surface area (Å²) in [5.41, 5.74) is 5.22. The number of para-hydroxylation sites is 3. The lowest BCUT2D eigenvalue weighted by atomic mass is 10.2. The number of hydrogen-bond donors (Lipinski definition) is 2. The van der Waals surface area contributed by atoms with Crippen molar-refractivity contribution in [3.8, 4) is 11.5 Å². The third-order valence-corrected chi connectivity index (χ3v) is 4.84. The summed E-state index contributed by atoms with van der Waals surface area (Å²) in [6.45, 7) is 0. The van der Waals surface area contributed by atoms with E-state index in [0.29, 0.717) is 5.16 Å². The third kappa shape index (κ3) is 5.24. The molecule has 29 heavy (non-hydrogen) atoms. The molecule has 1 heterocycles. The highest BCUT2D eigenvalue weighted by atomic mass is 32.2. The number of amides is 1. The van der Waals surface area contributed by atoms with Crippen LogP contribution in [-0.2, 0) is 4.79 Å². The van der Waals surface area contributed by atoms with E-state index in [1.54, 1.807) is 6.21 Å². The molecule has 0 saturated carbocycles. The molecule has 6 nitrogen and oxygen atoms in total. The maximum Gasteiger partial charge on any atom is 0.250 e. The zero-order valence-corrected chi connectivity index (χ0v) is 16.2. The van der Waals surface area contributed by atoms with Gasteiger partial charge in [-0.3, -0.25) is 4.79 Å². The van der Waals surface area contributed by atoms with Crippen LogP contribution in [0.2, 0.25) is 0 Å². The summed E-state index contributed by atoms with van der Waals surface area (Å²) in [6, 6.07) is 24.8. The Bertz CT molecular complexity index is 1090. The van der Waals surface area contributed by atoms with Crippen LogP contribution < -0.4 is 10.2 Å². The van der Waals surface area contributed by atoms with Gasteiger partial charge < -0.3 is 9.72 Å². The summed E-state index contributed by atoms with van der Waals surface area (Å²) in [4.78, 5) is 19.6. The van der Waals surface area contributed by atoms with Gasteiger partial charge in [0, 0.05) is 0 Å². The SMILES string of the molecule is O=C(CSc1nc2ccccc2[nH]1)NN=Cc1ccc(Oc2ccccc2)cc1. The maximum absolute atomic E-state index is 12.0. The van der Waals surface area contributed by atoms with E-state index < -0.39 is 0 Å². The van der Waals surface area contributed by atoms with Crippen molar-refractivity contribution >= 4 is 34.9 Å². The highest BCUT2D eigenvalue weighted by molar-refractivity contribution is 7.99. The molecule has 2 N–H and O–H groups in total. The molecule has 0 atom stereocenters. The number of aromatic nitrogens is 2. The topological polar surface area (TPSA) is 79.4 Å². The van der Waals surface area contributed by atoms with Crippen molar-refractivity contribution in [1.82, 2.24) is 15.4 Å².